The van der Waals surface area contributed by atoms with E-state index in [1.54, 1.807) is 48.5 Å². The van der Waals surface area contributed by atoms with E-state index in [1.807, 2.05) is 24.4 Å². The first kappa shape index (κ1) is 18.8. The van der Waals surface area contributed by atoms with Gasteiger partial charge in [-0.1, -0.05) is 18.2 Å². The van der Waals surface area contributed by atoms with Gasteiger partial charge < -0.3 is 19.8 Å². The summed E-state index contributed by atoms with van der Waals surface area (Å²) in [6.45, 7) is 2.47. The van der Waals surface area contributed by atoms with Crippen molar-refractivity contribution in [2.24, 2.45) is 0 Å². The molecule has 2 aromatic heterocycles. The van der Waals surface area contributed by atoms with Crippen LogP contribution in [0.1, 0.15) is 27.2 Å². The molecule has 0 fully saturated rings. The van der Waals surface area contributed by atoms with Gasteiger partial charge in [0.15, 0.2) is 0 Å². The number of para-hydroxylation sites is 1. The molecule has 6 nitrogen and oxygen atoms in total. The average molecular weight is 406 g/mol. The number of hydrogen-bond donors (Lipinski definition) is 2. The predicted molar refractivity (Wildman–Crippen MR) is 114 cm³/mol. The van der Waals surface area contributed by atoms with E-state index in [2.05, 4.69) is 10.6 Å². The molecular formula is C22H18N2O4S. The third-order valence-corrected chi connectivity index (χ3v) is 5.08. The number of furan rings is 1. The molecule has 0 aliphatic rings. The van der Waals surface area contributed by atoms with Crippen LogP contribution in [0.5, 0.6) is 5.75 Å². The highest BCUT2D eigenvalue weighted by molar-refractivity contribution is 7.12. The first-order valence-corrected chi connectivity index (χ1v) is 9.94. The highest BCUT2D eigenvalue weighted by Crippen LogP contribution is 2.32. The smallest absolute Gasteiger partial charge is 0.293 e. The van der Waals surface area contributed by atoms with Gasteiger partial charge in [-0.2, -0.15) is 0 Å². The van der Waals surface area contributed by atoms with E-state index in [9.17, 15) is 9.59 Å². The van der Waals surface area contributed by atoms with Crippen LogP contribution in [0.15, 0.2) is 70.5 Å². The van der Waals surface area contributed by atoms with Gasteiger partial charge in [0.05, 0.1) is 11.5 Å². The van der Waals surface area contributed by atoms with Crippen LogP contribution in [-0.2, 0) is 0 Å². The Labute approximate surface area is 171 Å². The Morgan fingerprint density at radius 2 is 1.76 bits per heavy atom. The quantitative estimate of drug-likeness (QED) is 0.449. The van der Waals surface area contributed by atoms with Crippen LogP contribution in [0, 0.1) is 0 Å². The van der Waals surface area contributed by atoms with Crippen molar-refractivity contribution in [3.63, 3.8) is 0 Å². The largest absolute Gasteiger partial charge is 0.494 e. The van der Waals surface area contributed by atoms with Crippen molar-refractivity contribution < 1.29 is 18.7 Å². The molecule has 7 heteroatoms. The summed E-state index contributed by atoms with van der Waals surface area (Å²) in [6, 6.07) is 17.8. The highest BCUT2D eigenvalue weighted by atomic mass is 32.1. The number of amides is 2. The number of benzene rings is 2. The van der Waals surface area contributed by atoms with Crippen molar-refractivity contribution in [3.05, 3.63) is 76.7 Å². The number of ether oxygens (including phenoxy) is 1. The van der Waals surface area contributed by atoms with E-state index < -0.39 is 5.91 Å². The van der Waals surface area contributed by atoms with Crippen LogP contribution in [0.2, 0.25) is 0 Å². The zero-order valence-electron chi connectivity index (χ0n) is 15.6. The van der Waals surface area contributed by atoms with Gasteiger partial charge in [0.1, 0.15) is 17.0 Å². The van der Waals surface area contributed by atoms with Crippen LogP contribution in [-0.4, -0.2) is 18.4 Å². The summed E-state index contributed by atoms with van der Waals surface area (Å²) in [5, 5.41) is 8.11. The van der Waals surface area contributed by atoms with E-state index in [1.165, 1.54) is 11.3 Å². The summed E-state index contributed by atoms with van der Waals surface area (Å²) < 4.78 is 11.2. The van der Waals surface area contributed by atoms with E-state index >= 15 is 0 Å². The zero-order valence-corrected chi connectivity index (χ0v) is 16.4. The molecule has 0 spiro atoms. The molecule has 0 aliphatic heterocycles. The number of anilines is 2. The van der Waals surface area contributed by atoms with Gasteiger partial charge in [-0.3, -0.25) is 9.59 Å². The number of hydrogen-bond acceptors (Lipinski definition) is 5. The summed E-state index contributed by atoms with van der Waals surface area (Å²) in [4.78, 5) is 26.0. The molecule has 0 unspecified atom stereocenters. The van der Waals surface area contributed by atoms with Gasteiger partial charge in [0, 0.05) is 11.1 Å². The third kappa shape index (κ3) is 4.00. The standard InChI is InChI=1S/C22H18N2O4S/c1-2-27-15-11-9-14(10-12-15)23-22(26)20-19(16-6-3-4-7-17(16)28-20)24-21(25)18-8-5-13-29-18/h3-13H,2H2,1H3,(H,23,26)(H,24,25). The van der Waals surface area contributed by atoms with Crippen molar-refractivity contribution in [1.82, 2.24) is 0 Å². The Balaban J connectivity index is 1.63. The van der Waals surface area contributed by atoms with Crippen molar-refractivity contribution in [3.8, 4) is 5.75 Å². The minimum Gasteiger partial charge on any atom is -0.494 e. The number of rotatable bonds is 6. The monoisotopic (exact) mass is 406 g/mol. The molecule has 0 atom stereocenters. The SMILES string of the molecule is CCOc1ccc(NC(=O)c2oc3ccccc3c2NC(=O)c2cccs2)cc1. The van der Waals surface area contributed by atoms with Crippen LogP contribution in [0.3, 0.4) is 0 Å². The molecule has 0 saturated heterocycles. The topological polar surface area (TPSA) is 80.6 Å². The summed E-state index contributed by atoms with van der Waals surface area (Å²) in [5.41, 5.74) is 1.46. The van der Waals surface area contributed by atoms with E-state index in [4.69, 9.17) is 9.15 Å². The predicted octanol–water partition coefficient (Wildman–Crippen LogP) is 5.40. The lowest BCUT2D eigenvalue weighted by molar-refractivity contribution is 0.0999. The first-order chi connectivity index (χ1) is 14.2. The molecule has 0 bridgehead atoms. The molecule has 4 rings (SSSR count). The zero-order chi connectivity index (χ0) is 20.2. The maximum Gasteiger partial charge on any atom is 0.293 e. The van der Waals surface area contributed by atoms with Crippen LogP contribution >= 0.6 is 11.3 Å². The molecular weight excluding hydrogens is 388 g/mol. The summed E-state index contributed by atoms with van der Waals surface area (Å²) >= 11 is 1.33. The molecule has 4 aromatic rings. The highest BCUT2D eigenvalue weighted by Gasteiger charge is 2.23. The van der Waals surface area contributed by atoms with Crippen LogP contribution in [0.4, 0.5) is 11.4 Å². The number of thiophene rings is 1. The summed E-state index contributed by atoms with van der Waals surface area (Å²) in [7, 11) is 0. The second-order valence-electron chi connectivity index (χ2n) is 6.15. The van der Waals surface area contributed by atoms with Gasteiger partial charge in [0.25, 0.3) is 11.8 Å². The minimum absolute atomic E-state index is 0.0463. The fraction of sp³-hybridized carbons (Fsp3) is 0.0909. The van der Waals surface area contributed by atoms with Gasteiger partial charge in [-0.25, -0.2) is 0 Å². The van der Waals surface area contributed by atoms with Crippen molar-refractivity contribution in [1.29, 1.82) is 0 Å². The molecule has 29 heavy (non-hydrogen) atoms. The Bertz CT molecular complexity index is 1150. The number of carbonyl (C=O) groups excluding carboxylic acids is 2. The normalized spacial score (nSPS) is 10.7. The van der Waals surface area contributed by atoms with Crippen LogP contribution < -0.4 is 15.4 Å². The van der Waals surface area contributed by atoms with Crippen molar-refractivity contribution in [2.45, 2.75) is 6.92 Å². The molecule has 2 aromatic carbocycles. The van der Waals surface area contributed by atoms with Crippen molar-refractivity contribution >= 4 is 45.5 Å². The van der Waals surface area contributed by atoms with Gasteiger partial charge in [0.2, 0.25) is 5.76 Å². The van der Waals surface area contributed by atoms with Gasteiger partial charge in [-0.05, 0) is 54.8 Å². The van der Waals surface area contributed by atoms with E-state index in [0.29, 0.717) is 33.8 Å². The lowest BCUT2D eigenvalue weighted by atomic mass is 10.2. The maximum absolute atomic E-state index is 12.9. The molecule has 146 valence electrons. The minimum atomic E-state index is -0.452. The lowest BCUT2D eigenvalue weighted by Gasteiger charge is -2.08. The third-order valence-electron chi connectivity index (χ3n) is 4.21. The Hall–Kier alpha value is -3.58. The second kappa shape index (κ2) is 8.20. The average Bonchev–Trinajstić information content (AvgIpc) is 3.38. The molecule has 2 amide bonds. The fourth-order valence-corrected chi connectivity index (χ4v) is 3.52. The molecule has 0 saturated carbocycles. The molecule has 2 N–H and O–H groups in total. The number of carbonyl (C=O) groups is 2. The molecule has 0 radical (unpaired) electrons. The maximum atomic E-state index is 12.9. The fourth-order valence-electron chi connectivity index (χ4n) is 2.90. The first-order valence-electron chi connectivity index (χ1n) is 9.06. The summed E-state index contributed by atoms with van der Waals surface area (Å²) in [5.74, 6) is 0.0247. The Kier molecular flexibility index (Phi) is 5.31. The van der Waals surface area contributed by atoms with Gasteiger partial charge >= 0.3 is 0 Å². The van der Waals surface area contributed by atoms with Gasteiger partial charge in [-0.15, -0.1) is 11.3 Å². The molecule has 2 heterocycles. The summed E-state index contributed by atoms with van der Waals surface area (Å²) in [6.07, 6.45) is 0. The van der Waals surface area contributed by atoms with E-state index in [0.717, 1.165) is 5.75 Å². The Morgan fingerprint density at radius 3 is 2.48 bits per heavy atom. The second-order valence-corrected chi connectivity index (χ2v) is 7.09. The van der Waals surface area contributed by atoms with Crippen LogP contribution in [0.25, 0.3) is 11.0 Å². The molecule has 0 aliphatic carbocycles. The lowest BCUT2D eigenvalue weighted by Crippen LogP contribution is -2.16. The van der Waals surface area contributed by atoms with Crippen molar-refractivity contribution in [2.75, 3.05) is 17.2 Å². The van der Waals surface area contributed by atoms with E-state index in [-0.39, 0.29) is 11.7 Å². The number of nitrogens with one attached hydrogen (secondary N) is 2. The number of fused-ring (bicyclic) bond motifs is 1. The Morgan fingerprint density at radius 1 is 0.966 bits per heavy atom.